The Morgan fingerprint density at radius 1 is 1.18 bits per heavy atom. The third-order valence-electron chi connectivity index (χ3n) is 3.01. The summed E-state index contributed by atoms with van der Waals surface area (Å²) in [5.41, 5.74) is 0.725. The van der Waals surface area contributed by atoms with E-state index in [0.29, 0.717) is 11.1 Å². The molecule has 2 N–H and O–H groups in total. The van der Waals surface area contributed by atoms with Gasteiger partial charge >= 0.3 is 5.97 Å². The van der Waals surface area contributed by atoms with Gasteiger partial charge in [0.05, 0.1) is 16.1 Å². The van der Waals surface area contributed by atoms with Crippen LogP contribution in [-0.4, -0.2) is 24.5 Å². The number of aromatic carboxylic acids is 1. The summed E-state index contributed by atoms with van der Waals surface area (Å²) in [4.78, 5) is 15.0. The van der Waals surface area contributed by atoms with Crippen molar-refractivity contribution in [2.75, 3.05) is 4.72 Å². The summed E-state index contributed by atoms with van der Waals surface area (Å²) < 4.78 is 32.1. The van der Waals surface area contributed by atoms with E-state index in [0.717, 1.165) is 0 Å². The van der Waals surface area contributed by atoms with Crippen LogP contribution >= 0.6 is 0 Å². The Morgan fingerprint density at radius 2 is 1.95 bits per heavy atom. The molecule has 112 valence electrons. The lowest BCUT2D eigenvalue weighted by Gasteiger charge is -2.10. The van der Waals surface area contributed by atoms with Gasteiger partial charge in [-0.05, 0) is 30.3 Å². The van der Waals surface area contributed by atoms with E-state index < -0.39 is 16.0 Å². The molecule has 0 fully saturated rings. The van der Waals surface area contributed by atoms with Crippen LogP contribution in [-0.2, 0) is 10.0 Å². The Balaban J connectivity index is 2.02. The normalized spacial score (nSPS) is 11.5. The number of benzene rings is 2. The molecular weight excluding hydrogens is 308 g/mol. The molecule has 0 unspecified atom stereocenters. The second-order valence-corrected chi connectivity index (χ2v) is 6.12. The number of carboxylic acids is 1. The van der Waals surface area contributed by atoms with Crippen molar-refractivity contribution in [3.05, 3.63) is 54.4 Å². The fraction of sp³-hybridized carbons (Fsp3) is 0. The quantitative estimate of drug-likeness (QED) is 0.764. The van der Waals surface area contributed by atoms with Crippen LogP contribution in [0.5, 0.6) is 0 Å². The molecule has 0 aliphatic heterocycles. The summed E-state index contributed by atoms with van der Waals surface area (Å²) in [6, 6.07) is 9.97. The molecule has 0 spiro atoms. The third-order valence-corrected chi connectivity index (χ3v) is 4.38. The number of hydrogen-bond acceptors (Lipinski definition) is 5. The van der Waals surface area contributed by atoms with E-state index in [1.165, 1.54) is 42.8 Å². The molecule has 0 amide bonds. The molecule has 3 aromatic rings. The minimum Gasteiger partial charge on any atom is -0.478 e. The predicted molar refractivity (Wildman–Crippen MR) is 78.2 cm³/mol. The van der Waals surface area contributed by atoms with Crippen molar-refractivity contribution in [3.8, 4) is 0 Å². The molecule has 0 saturated carbocycles. The van der Waals surface area contributed by atoms with Crippen molar-refractivity contribution in [1.82, 2.24) is 4.98 Å². The molecule has 0 radical (unpaired) electrons. The van der Waals surface area contributed by atoms with Crippen LogP contribution in [0.15, 0.2) is 58.2 Å². The van der Waals surface area contributed by atoms with Crippen molar-refractivity contribution in [2.45, 2.75) is 4.90 Å². The van der Waals surface area contributed by atoms with E-state index in [-0.39, 0.29) is 16.1 Å². The minimum atomic E-state index is -3.93. The first-order valence-electron chi connectivity index (χ1n) is 6.16. The van der Waals surface area contributed by atoms with Gasteiger partial charge < -0.3 is 9.52 Å². The third kappa shape index (κ3) is 2.51. The van der Waals surface area contributed by atoms with Gasteiger partial charge in [0.15, 0.2) is 12.0 Å². The van der Waals surface area contributed by atoms with Crippen LogP contribution in [0.3, 0.4) is 0 Å². The average Bonchev–Trinajstić information content (AvgIpc) is 2.94. The fourth-order valence-corrected chi connectivity index (χ4v) is 3.07. The van der Waals surface area contributed by atoms with Crippen molar-refractivity contribution in [1.29, 1.82) is 0 Å². The van der Waals surface area contributed by atoms with Gasteiger partial charge in [-0.15, -0.1) is 0 Å². The van der Waals surface area contributed by atoms with Gasteiger partial charge in [-0.3, -0.25) is 4.72 Å². The standard InChI is InChI=1S/C14H10N2O5S/c17-14(18)10-3-1-2-4-11(10)16-22(19,20)9-5-6-13-12(7-9)15-8-21-13/h1-8,16H,(H,17,18). The number of nitrogens with zero attached hydrogens (tertiary/aromatic N) is 1. The summed E-state index contributed by atoms with van der Waals surface area (Å²) in [6.07, 6.45) is 1.22. The van der Waals surface area contributed by atoms with E-state index in [1.807, 2.05) is 0 Å². The zero-order valence-electron chi connectivity index (χ0n) is 11.1. The van der Waals surface area contributed by atoms with E-state index in [9.17, 15) is 13.2 Å². The summed E-state index contributed by atoms with van der Waals surface area (Å²) >= 11 is 0. The van der Waals surface area contributed by atoms with Crippen molar-refractivity contribution < 1.29 is 22.7 Å². The Labute approximate surface area is 125 Å². The van der Waals surface area contributed by atoms with E-state index in [1.54, 1.807) is 6.07 Å². The average molecular weight is 318 g/mol. The Morgan fingerprint density at radius 3 is 2.73 bits per heavy atom. The number of oxazole rings is 1. The smallest absolute Gasteiger partial charge is 0.337 e. The molecule has 3 rings (SSSR count). The molecule has 8 heteroatoms. The van der Waals surface area contributed by atoms with Crippen LogP contribution in [0, 0.1) is 0 Å². The van der Waals surface area contributed by atoms with Crippen LogP contribution in [0.1, 0.15) is 10.4 Å². The number of aromatic nitrogens is 1. The molecular formula is C14H10N2O5S. The lowest BCUT2D eigenvalue weighted by Crippen LogP contribution is -2.15. The molecule has 0 saturated heterocycles. The number of carboxylic acid groups (broad SMARTS) is 1. The number of nitrogens with one attached hydrogen (secondary N) is 1. The van der Waals surface area contributed by atoms with E-state index in [4.69, 9.17) is 9.52 Å². The highest BCUT2D eigenvalue weighted by Gasteiger charge is 2.19. The Bertz CT molecular complexity index is 962. The maximum absolute atomic E-state index is 12.4. The molecule has 0 aliphatic carbocycles. The predicted octanol–water partition coefficient (Wildman–Crippen LogP) is 2.33. The molecule has 2 aromatic carbocycles. The molecule has 0 bridgehead atoms. The molecule has 22 heavy (non-hydrogen) atoms. The number of sulfonamides is 1. The van der Waals surface area contributed by atoms with Crippen molar-refractivity contribution in [3.63, 3.8) is 0 Å². The molecule has 0 atom stereocenters. The second kappa shape index (κ2) is 5.15. The molecule has 0 aliphatic rings. The second-order valence-electron chi connectivity index (χ2n) is 4.44. The highest BCUT2D eigenvalue weighted by molar-refractivity contribution is 7.92. The maximum atomic E-state index is 12.4. The summed E-state index contributed by atoms with van der Waals surface area (Å²) in [5.74, 6) is -1.22. The fourth-order valence-electron chi connectivity index (χ4n) is 1.97. The SMILES string of the molecule is O=C(O)c1ccccc1NS(=O)(=O)c1ccc2ocnc2c1. The van der Waals surface area contributed by atoms with Crippen LogP contribution in [0.4, 0.5) is 5.69 Å². The Kier molecular flexibility index (Phi) is 3.30. The lowest BCUT2D eigenvalue weighted by atomic mass is 10.2. The van der Waals surface area contributed by atoms with Gasteiger partial charge in [0, 0.05) is 0 Å². The van der Waals surface area contributed by atoms with E-state index >= 15 is 0 Å². The Hall–Kier alpha value is -2.87. The van der Waals surface area contributed by atoms with Gasteiger partial charge in [-0.1, -0.05) is 12.1 Å². The summed E-state index contributed by atoms with van der Waals surface area (Å²) in [5, 5.41) is 9.09. The number of hydrogen-bond donors (Lipinski definition) is 2. The monoisotopic (exact) mass is 318 g/mol. The first kappa shape index (κ1) is 14.1. The van der Waals surface area contributed by atoms with E-state index in [2.05, 4.69) is 9.71 Å². The van der Waals surface area contributed by atoms with Gasteiger partial charge in [-0.25, -0.2) is 18.2 Å². The van der Waals surface area contributed by atoms with Gasteiger partial charge in [0.25, 0.3) is 10.0 Å². The lowest BCUT2D eigenvalue weighted by molar-refractivity contribution is 0.0698. The summed E-state index contributed by atoms with van der Waals surface area (Å²) in [7, 11) is -3.93. The number of anilines is 1. The topological polar surface area (TPSA) is 110 Å². The largest absolute Gasteiger partial charge is 0.478 e. The highest BCUT2D eigenvalue weighted by Crippen LogP contribution is 2.22. The van der Waals surface area contributed by atoms with Crippen molar-refractivity contribution >= 4 is 32.8 Å². The molecule has 7 nitrogen and oxygen atoms in total. The number of para-hydroxylation sites is 1. The first-order chi connectivity index (χ1) is 10.5. The summed E-state index contributed by atoms with van der Waals surface area (Å²) in [6.45, 7) is 0. The molecule has 1 aromatic heterocycles. The number of rotatable bonds is 4. The van der Waals surface area contributed by atoms with Gasteiger partial charge in [0.1, 0.15) is 5.52 Å². The zero-order valence-corrected chi connectivity index (χ0v) is 11.9. The number of carbonyl (C=O) groups is 1. The van der Waals surface area contributed by atoms with Gasteiger partial charge in [-0.2, -0.15) is 0 Å². The number of fused-ring (bicyclic) bond motifs is 1. The maximum Gasteiger partial charge on any atom is 0.337 e. The first-order valence-corrected chi connectivity index (χ1v) is 7.64. The minimum absolute atomic E-state index is 0.00440. The van der Waals surface area contributed by atoms with Crippen LogP contribution in [0.2, 0.25) is 0 Å². The van der Waals surface area contributed by atoms with Crippen molar-refractivity contribution in [2.24, 2.45) is 0 Å². The van der Waals surface area contributed by atoms with Crippen LogP contribution in [0.25, 0.3) is 11.1 Å². The van der Waals surface area contributed by atoms with Gasteiger partial charge in [0.2, 0.25) is 0 Å². The zero-order chi connectivity index (χ0) is 15.7. The molecule has 1 heterocycles. The van der Waals surface area contributed by atoms with Crippen LogP contribution < -0.4 is 4.72 Å². The highest BCUT2D eigenvalue weighted by atomic mass is 32.2.